The van der Waals surface area contributed by atoms with Crippen molar-refractivity contribution in [3.8, 4) is 0 Å². The fourth-order valence-corrected chi connectivity index (χ4v) is 2.68. The highest BCUT2D eigenvalue weighted by molar-refractivity contribution is 5.95. The van der Waals surface area contributed by atoms with Gasteiger partial charge in [-0.1, -0.05) is 13.3 Å². The van der Waals surface area contributed by atoms with Gasteiger partial charge in [-0.3, -0.25) is 4.79 Å². The van der Waals surface area contributed by atoms with Crippen molar-refractivity contribution in [2.24, 2.45) is 0 Å². The molecule has 1 atom stereocenters. The predicted molar refractivity (Wildman–Crippen MR) is 75.3 cm³/mol. The molecule has 0 saturated carbocycles. The third-order valence-electron chi connectivity index (χ3n) is 3.82. The molecule has 1 amide bonds. The average Bonchev–Trinajstić information content (AvgIpc) is 2.93. The summed E-state index contributed by atoms with van der Waals surface area (Å²) in [5, 5.41) is 3.50. The summed E-state index contributed by atoms with van der Waals surface area (Å²) >= 11 is 0. The van der Waals surface area contributed by atoms with Crippen LogP contribution in [0.25, 0.3) is 0 Å². The number of hydrogen-bond donors (Lipinski definition) is 1. The van der Waals surface area contributed by atoms with Crippen molar-refractivity contribution in [2.75, 3.05) is 19.6 Å². The van der Waals surface area contributed by atoms with Crippen LogP contribution in [0.15, 0.2) is 16.7 Å². The molecule has 0 aliphatic carbocycles. The summed E-state index contributed by atoms with van der Waals surface area (Å²) in [6.07, 6.45) is 6.04. The Morgan fingerprint density at radius 1 is 1.47 bits per heavy atom. The van der Waals surface area contributed by atoms with E-state index < -0.39 is 0 Å². The van der Waals surface area contributed by atoms with Gasteiger partial charge in [0.05, 0.1) is 11.8 Å². The van der Waals surface area contributed by atoms with Crippen LogP contribution in [-0.4, -0.2) is 36.5 Å². The third kappa shape index (κ3) is 3.38. The topological polar surface area (TPSA) is 45.5 Å². The van der Waals surface area contributed by atoms with E-state index in [0.29, 0.717) is 6.04 Å². The molecule has 4 nitrogen and oxygen atoms in total. The highest BCUT2D eigenvalue weighted by atomic mass is 16.3. The number of furan rings is 1. The molecule has 0 radical (unpaired) electrons. The second-order valence-electron chi connectivity index (χ2n) is 5.10. The summed E-state index contributed by atoms with van der Waals surface area (Å²) in [6.45, 7) is 6.65. The van der Waals surface area contributed by atoms with E-state index in [2.05, 4.69) is 5.32 Å². The Labute approximate surface area is 115 Å². The molecular weight excluding hydrogens is 240 g/mol. The summed E-state index contributed by atoms with van der Waals surface area (Å²) in [5.41, 5.74) is 0.722. The monoisotopic (exact) mass is 264 g/mol. The smallest absolute Gasteiger partial charge is 0.257 e. The van der Waals surface area contributed by atoms with Crippen LogP contribution in [0.2, 0.25) is 0 Å². The standard InChI is InChI=1S/C15H24N2O2/c1-3-14-13(8-10-19-14)15(18)17(4-2)11-12-7-5-6-9-16-12/h8,10,12,16H,3-7,9,11H2,1-2H3. The van der Waals surface area contributed by atoms with Crippen molar-refractivity contribution in [2.45, 2.75) is 45.6 Å². The maximum Gasteiger partial charge on any atom is 0.257 e. The number of likely N-dealkylation sites (N-methyl/N-ethyl adjacent to an activating group) is 1. The molecule has 1 aliphatic rings. The molecule has 0 aromatic carbocycles. The van der Waals surface area contributed by atoms with Gasteiger partial charge in [0.2, 0.25) is 0 Å². The van der Waals surface area contributed by atoms with Crippen LogP contribution in [0.1, 0.15) is 49.2 Å². The number of nitrogens with zero attached hydrogens (tertiary/aromatic N) is 1. The maximum atomic E-state index is 12.5. The first-order chi connectivity index (χ1) is 9.26. The Hall–Kier alpha value is -1.29. The molecule has 1 aromatic heterocycles. The van der Waals surface area contributed by atoms with Crippen LogP contribution in [-0.2, 0) is 6.42 Å². The van der Waals surface area contributed by atoms with Crippen LogP contribution in [0.5, 0.6) is 0 Å². The summed E-state index contributed by atoms with van der Waals surface area (Å²) in [7, 11) is 0. The normalized spacial score (nSPS) is 19.4. The highest BCUT2D eigenvalue weighted by Crippen LogP contribution is 2.16. The first-order valence-corrected chi connectivity index (χ1v) is 7.35. The van der Waals surface area contributed by atoms with E-state index >= 15 is 0 Å². The van der Waals surface area contributed by atoms with Crippen LogP contribution < -0.4 is 5.32 Å². The quantitative estimate of drug-likeness (QED) is 0.888. The molecular formula is C15H24N2O2. The number of piperidine rings is 1. The molecule has 19 heavy (non-hydrogen) atoms. The van der Waals surface area contributed by atoms with Crippen molar-refractivity contribution < 1.29 is 9.21 Å². The lowest BCUT2D eigenvalue weighted by molar-refractivity contribution is 0.0739. The summed E-state index contributed by atoms with van der Waals surface area (Å²) in [4.78, 5) is 14.5. The molecule has 1 fully saturated rings. The van der Waals surface area contributed by atoms with Gasteiger partial charge in [-0.25, -0.2) is 0 Å². The Bertz CT molecular complexity index is 408. The van der Waals surface area contributed by atoms with Gasteiger partial charge < -0.3 is 14.6 Å². The van der Waals surface area contributed by atoms with Gasteiger partial charge in [0.1, 0.15) is 5.76 Å². The maximum absolute atomic E-state index is 12.5. The van der Waals surface area contributed by atoms with E-state index in [1.54, 1.807) is 12.3 Å². The molecule has 1 unspecified atom stereocenters. The fourth-order valence-electron chi connectivity index (χ4n) is 2.68. The van der Waals surface area contributed by atoms with Crippen molar-refractivity contribution in [1.29, 1.82) is 0 Å². The lowest BCUT2D eigenvalue weighted by atomic mass is 10.0. The van der Waals surface area contributed by atoms with E-state index in [1.165, 1.54) is 12.8 Å². The Morgan fingerprint density at radius 2 is 2.32 bits per heavy atom. The molecule has 0 bridgehead atoms. The molecule has 0 spiro atoms. The Morgan fingerprint density at radius 3 is 2.95 bits per heavy atom. The number of rotatable bonds is 5. The Balaban J connectivity index is 2.02. The number of carbonyl (C=O) groups excluding carboxylic acids is 1. The molecule has 1 N–H and O–H groups in total. The molecule has 1 aromatic rings. The predicted octanol–water partition coefficient (Wildman–Crippen LogP) is 2.45. The molecule has 2 rings (SSSR count). The first kappa shape index (κ1) is 14.1. The van der Waals surface area contributed by atoms with Gasteiger partial charge in [0.15, 0.2) is 0 Å². The van der Waals surface area contributed by atoms with Crippen molar-refractivity contribution in [3.05, 3.63) is 23.7 Å². The average molecular weight is 264 g/mol. The number of amides is 1. The van der Waals surface area contributed by atoms with E-state index in [-0.39, 0.29) is 5.91 Å². The van der Waals surface area contributed by atoms with E-state index in [1.807, 2.05) is 18.7 Å². The van der Waals surface area contributed by atoms with Gasteiger partial charge in [0, 0.05) is 25.6 Å². The summed E-state index contributed by atoms with van der Waals surface area (Å²) < 4.78 is 5.36. The van der Waals surface area contributed by atoms with Crippen molar-refractivity contribution in [1.82, 2.24) is 10.2 Å². The van der Waals surface area contributed by atoms with Gasteiger partial charge in [-0.2, -0.15) is 0 Å². The fraction of sp³-hybridized carbons (Fsp3) is 0.667. The zero-order chi connectivity index (χ0) is 13.7. The summed E-state index contributed by atoms with van der Waals surface area (Å²) in [6, 6.07) is 2.23. The van der Waals surface area contributed by atoms with Gasteiger partial charge >= 0.3 is 0 Å². The van der Waals surface area contributed by atoms with E-state index in [9.17, 15) is 4.79 Å². The van der Waals surface area contributed by atoms with Gasteiger partial charge in [-0.05, 0) is 32.4 Å². The lowest BCUT2D eigenvalue weighted by Gasteiger charge is -2.30. The van der Waals surface area contributed by atoms with Crippen LogP contribution in [0.4, 0.5) is 0 Å². The molecule has 1 saturated heterocycles. The van der Waals surface area contributed by atoms with Crippen molar-refractivity contribution >= 4 is 5.91 Å². The van der Waals surface area contributed by atoms with Crippen LogP contribution in [0, 0.1) is 0 Å². The third-order valence-corrected chi connectivity index (χ3v) is 3.82. The minimum Gasteiger partial charge on any atom is -0.469 e. The SMILES string of the molecule is CCc1occc1C(=O)N(CC)CC1CCCCN1. The second-order valence-corrected chi connectivity index (χ2v) is 5.10. The van der Waals surface area contributed by atoms with E-state index in [4.69, 9.17) is 4.42 Å². The molecule has 1 aliphatic heterocycles. The van der Waals surface area contributed by atoms with Crippen molar-refractivity contribution in [3.63, 3.8) is 0 Å². The van der Waals surface area contributed by atoms with E-state index in [0.717, 1.165) is 43.8 Å². The summed E-state index contributed by atoms with van der Waals surface area (Å²) in [5.74, 6) is 0.889. The molecule has 106 valence electrons. The minimum atomic E-state index is 0.0977. The van der Waals surface area contributed by atoms with Crippen LogP contribution >= 0.6 is 0 Å². The van der Waals surface area contributed by atoms with Gasteiger partial charge in [0.25, 0.3) is 5.91 Å². The number of hydrogen-bond acceptors (Lipinski definition) is 3. The minimum absolute atomic E-state index is 0.0977. The Kier molecular flexibility index (Phi) is 5.02. The zero-order valence-corrected chi connectivity index (χ0v) is 11.9. The largest absolute Gasteiger partial charge is 0.469 e. The second kappa shape index (κ2) is 6.75. The van der Waals surface area contributed by atoms with Gasteiger partial charge in [-0.15, -0.1) is 0 Å². The number of aryl methyl sites for hydroxylation is 1. The highest BCUT2D eigenvalue weighted by Gasteiger charge is 2.22. The molecule has 2 heterocycles. The zero-order valence-electron chi connectivity index (χ0n) is 11.9. The first-order valence-electron chi connectivity index (χ1n) is 7.35. The number of carbonyl (C=O) groups is 1. The number of nitrogens with one attached hydrogen (secondary N) is 1. The van der Waals surface area contributed by atoms with Crippen LogP contribution in [0.3, 0.4) is 0 Å². The lowest BCUT2D eigenvalue weighted by Crippen LogP contribution is -2.45. The molecule has 4 heteroatoms.